The normalized spacial score (nSPS) is 14.6. The average Bonchev–Trinajstić information content (AvgIpc) is 1.65. The minimum atomic E-state index is -2.58. The molecule has 0 unspecified atom stereocenters. The van der Waals surface area contributed by atoms with Crippen LogP contribution in [0.4, 0.5) is 13.2 Å². The predicted molar refractivity (Wildman–Crippen MR) is 24.6 cm³/mol. The molecule has 0 radical (unpaired) electrons. The molecular formula is C4H8F3N. The third-order valence-corrected chi connectivity index (χ3v) is 0.690. The van der Waals surface area contributed by atoms with Gasteiger partial charge in [0.25, 0.3) is 0 Å². The van der Waals surface area contributed by atoms with Gasteiger partial charge in [0.2, 0.25) is 6.43 Å². The molecule has 0 rings (SSSR count). The van der Waals surface area contributed by atoms with Crippen molar-refractivity contribution in [2.75, 3.05) is 6.54 Å². The van der Waals surface area contributed by atoms with Gasteiger partial charge >= 0.3 is 0 Å². The Kier molecular flexibility index (Phi) is 3.60. The van der Waals surface area contributed by atoms with Crippen LogP contribution in [0.1, 0.15) is 6.42 Å². The van der Waals surface area contributed by atoms with Gasteiger partial charge in [-0.1, -0.05) is 0 Å². The molecule has 0 saturated heterocycles. The van der Waals surface area contributed by atoms with Crippen LogP contribution in [0.3, 0.4) is 0 Å². The van der Waals surface area contributed by atoms with E-state index in [4.69, 9.17) is 5.73 Å². The van der Waals surface area contributed by atoms with Gasteiger partial charge in [-0.25, -0.2) is 13.2 Å². The number of nitrogens with two attached hydrogens (primary N) is 1. The van der Waals surface area contributed by atoms with Crippen LogP contribution in [0.5, 0.6) is 0 Å². The van der Waals surface area contributed by atoms with Gasteiger partial charge in [0, 0.05) is 13.0 Å². The lowest BCUT2D eigenvalue weighted by atomic mass is 10.3. The maximum atomic E-state index is 11.8. The molecule has 2 N–H and O–H groups in total. The second-order valence-electron chi connectivity index (χ2n) is 1.46. The molecule has 0 saturated carbocycles. The molecule has 50 valence electrons. The predicted octanol–water partition coefficient (Wildman–Crippen LogP) is 0.938. The van der Waals surface area contributed by atoms with E-state index in [1.54, 1.807) is 0 Å². The van der Waals surface area contributed by atoms with Gasteiger partial charge in [-0.3, -0.25) is 0 Å². The van der Waals surface area contributed by atoms with E-state index in [1.165, 1.54) is 0 Å². The average molecular weight is 127 g/mol. The third-order valence-electron chi connectivity index (χ3n) is 0.690. The fourth-order valence-corrected chi connectivity index (χ4v) is 0.290. The summed E-state index contributed by atoms with van der Waals surface area (Å²) >= 11 is 0. The van der Waals surface area contributed by atoms with Crippen molar-refractivity contribution in [1.29, 1.82) is 0 Å². The Hall–Kier alpha value is -0.250. The first kappa shape index (κ1) is 7.75. The zero-order valence-electron chi connectivity index (χ0n) is 4.28. The van der Waals surface area contributed by atoms with Gasteiger partial charge in [-0.2, -0.15) is 0 Å². The molecule has 0 aliphatic rings. The van der Waals surface area contributed by atoms with Crippen LogP contribution in [0.15, 0.2) is 0 Å². The van der Waals surface area contributed by atoms with Crippen LogP contribution in [-0.4, -0.2) is 19.1 Å². The van der Waals surface area contributed by atoms with Crippen molar-refractivity contribution in [2.24, 2.45) is 5.73 Å². The van der Waals surface area contributed by atoms with Crippen LogP contribution in [-0.2, 0) is 0 Å². The molecule has 0 aromatic carbocycles. The highest BCUT2D eigenvalue weighted by molar-refractivity contribution is 4.56. The van der Waals surface area contributed by atoms with Crippen molar-refractivity contribution in [3.63, 3.8) is 0 Å². The summed E-state index contributed by atoms with van der Waals surface area (Å²) in [5.41, 5.74) is 4.71. The van der Waals surface area contributed by atoms with Crippen molar-refractivity contribution in [2.45, 2.75) is 19.0 Å². The van der Waals surface area contributed by atoms with Gasteiger partial charge in [-0.15, -0.1) is 0 Å². The molecule has 0 bridgehead atoms. The van der Waals surface area contributed by atoms with Gasteiger partial charge in [0.05, 0.1) is 0 Å². The van der Waals surface area contributed by atoms with Crippen LogP contribution in [0.2, 0.25) is 0 Å². The summed E-state index contributed by atoms with van der Waals surface area (Å²) in [6, 6.07) is 0. The Morgan fingerprint density at radius 2 is 1.75 bits per heavy atom. The molecule has 0 aliphatic heterocycles. The van der Waals surface area contributed by atoms with Crippen LogP contribution in [0, 0.1) is 0 Å². The molecule has 1 nitrogen and oxygen atoms in total. The van der Waals surface area contributed by atoms with Crippen molar-refractivity contribution in [3.8, 4) is 0 Å². The molecule has 0 heterocycles. The summed E-state index contributed by atoms with van der Waals surface area (Å²) in [6.07, 6.45) is -4.86. The maximum absolute atomic E-state index is 11.8. The van der Waals surface area contributed by atoms with E-state index >= 15 is 0 Å². The molecule has 1 atom stereocenters. The molecular weight excluding hydrogens is 119 g/mol. The van der Waals surface area contributed by atoms with E-state index in [-0.39, 0.29) is 6.54 Å². The van der Waals surface area contributed by atoms with Gasteiger partial charge in [0.1, 0.15) is 6.17 Å². The first-order valence-corrected chi connectivity index (χ1v) is 2.29. The van der Waals surface area contributed by atoms with Crippen LogP contribution in [0.25, 0.3) is 0 Å². The first-order chi connectivity index (χ1) is 3.66. The molecule has 0 aliphatic carbocycles. The van der Waals surface area contributed by atoms with E-state index in [2.05, 4.69) is 0 Å². The maximum Gasteiger partial charge on any atom is 0.241 e. The first-order valence-electron chi connectivity index (χ1n) is 2.29. The number of hydrogen-bond donors (Lipinski definition) is 1. The highest BCUT2D eigenvalue weighted by Gasteiger charge is 2.10. The van der Waals surface area contributed by atoms with Crippen LogP contribution >= 0.6 is 0 Å². The molecule has 0 amide bonds. The van der Waals surface area contributed by atoms with Gasteiger partial charge in [-0.05, 0) is 0 Å². The highest BCUT2D eigenvalue weighted by atomic mass is 19.3. The summed E-state index contributed by atoms with van der Waals surface area (Å²) in [7, 11) is 0. The van der Waals surface area contributed by atoms with Crippen molar-refractivity contribution >= 4 is 0 Å². The second-order valence-corrected chi connectivity index (χ2v) is 1.46. The minimum Gasteiger partial charge on any atom is -0.328 e. The summed E-state index contributed by atoms with van der Waals surface area (Å²) < 4.78 is 34.1. The van der Waals surface area contributed by atoms with E-state index in [9.17, 15) is 13.2 Å². The lowest BCUT2D eigenvalue weighted by Gasteiger charge is -2.00. The third kappa shape index (κ3) is 3.92. The molecule has 4 heteroatoms. The van der Waals surface area contributed by atoms with E-state index in [0.29, 0.717) is 0 Å². The van der Waals surface area contributed by atoms with E-state index in [1.807, 2.05) is 0 Å². The fourth-order valence-electron chi connectivity index (χ4n) is 0.290. The molecule has 8 heavy (non-hydrogen) atoms. The molecule has 0 aromatic heterocycles. The largest absolute Gasteiger partial charge is 0.328 e. The Morgan fingerprint density at radius 1 is 1.25 bits per heavy atom. The summed E-state index contributed by atoms with van der Waals surface area (Å²) in [6.45, 7) is -0.315. The number of rotatable bonds is 3. The SMILES string of the molecule is NC[C@@H](F)CC(F)F. The second kappa shape index (κ2) is 3.72. The number of alkyl halides is 3. The Morgan fingerprint density at radius 3 is 1.88 bits per heavy atom. The zero-order chi connectivity index (χ0) is 6.57. The smallest absolute Gasteiger partial charge is 0.241 e. The topological polar surface area (TPSA) is 26.0 Å². The zero-order valence-corrected chi connectivity index (χ0v) is 4.28. The fraction of sp³-hybridized carbons (Fsp3) is 1.00. The van der Waals surface area contributed by atoms with Crippen molar-refractivity contribution < 1.29 is 13.2 Å². The monoisotopic (exact) mass is 127 g/mol. The molecule has 0 spiro atoms. The number of hydrogen-bond acceptors (Lipinski definition) is 1. The number of halogens is 3. The Balaban J connectivity index is 3.10. The van der Waals surface area contributed by atoms with E-state index < -0.39 is 19.0 Å². The van der Waals surface area contributed by atoms with Crippen molar-refractivity contribution in [1.82, 2.24) is 0 Å². The van der Waals surface area contributed by atoms with E-state index in [0.717, 1.165) is 0 Å². The lowest BCUT2D eigenvalue weighted by Crippen LogP contribution is -2.17. The van der Waals surface area contributed by atoms with Crippen molar-refractivity contribution in [3.05, 3.63) is 0 Å². The Bertz CT molecular complexity index is 57.2. The van der Waals surface area contributed by atoms with Crippen LogP contribution < -0.4 is 5.73 Å². The summed E-state index contributed by atoms with van der Waals surface area (Å²) in [5.74, 6) is 0. The molecule has 0 aromatic rings. The summed E-state index contributed by atoms with van der Waals surface area (Å²) in [4.78, 5) is 0. The minimum absolute atomic E-state index is 0.315. The lowest BCUT2D eigenvalue weighted by molar-refractivity contribution is 0.103. The van der Waals surface area contributed by atoms with Gasteiger partial charge < -0.3 is 5.73 Å². The quantitative estimate of drug-likeness (QED) is 0.599. The molecule has 0 fully saturated rings. The Labute approximate surface area is 45.7 Å². The van der Waals surface area contributed by atoms with Gasteiger partial charge in [0.15, 0.2) is 0 Å². The summed E-state index contributed by atoms with van der Waals surface area (Å²) in [5, 5.41) is 0. The standard InChI is InChI=1S/C4H8F3N/c5-3(2-8)1-4(6)7/h3-4H,1-2,8H2/t3-/m0/s1. The highest BCUT2D eigenvalue weighted by Crippen LogP contribution is 2.04.